The molecule has 0 saturated carbocycles. The van der Waals surface area contributed by atoms with Gasteiger partial charge in [-0.3, -0.25) is 14.3 Å². The molecule has 3 aromatic rings. The molecule has 2 heterocycles. The topological polar surface area (TPSA) is 91.0 Å². The van der Waals surface area contributed by atoms with Crippen molar-refractivity contribution in [2.45, 2.75) is 33.6 Å². The zero-order valence-electron chi connectivity index (χ0n) is 17.4. The summed E-state index contributed by atoms with van der Waals surface area (Å²) in [6, 6.07) is 7.41. The minimum atomic E-state index is -0.486. The molecule has 3 rings (SSSR count). The summed E-state index contributed by atoms with van der Waals surface area (Å²) in [5.41, 5.74) is 4.16. The Kier molecular flexibility index (Phi) is 6.29. The number of nitrogens with zero attached hydrogens (tertiary/aromatic N) is 4. The first-order valence-electron chi connectivity index (χ1n) is 9.51. The Labute approximate surface area is 173 Å². The van der Waals surface area contributed by atoms with Crippen LogP contribution in [0.3, 0.4) is 0 Å². The van der Waals surface area contributed by atoms with E-state index in [9.17, 15) is 14.0 Å². The molecule has 0 saturated heterocycles. The van der Waals surface area contributed by atoms with E-state index in [0.29, 0.717) is 23.6 Å². The highest BCUT2D eigenvalue weighted by atomic mass is 19.1. The first-order valence-corrected chi connectivity index (χ1v) is 9.51. The lowest BCUT2D eigenvalue weighted by molar-refractivity contribution is -0.147. The molecule has 0 atom stereocenters. The number of hydrogen-bond acceptors (Lipinski definition) is 5. The van der Waals surface area contributed by atoms with Gasteiger partial charge in [0.15, 0.2) is 6.61 Å². The van der Waals surface area contributed by atoms with Gasteiger partial charge in [-0.15, -0.1) is 0 Å². The summed E-state index contributed by atoms with van der Waals surface area (Å²) in [5, 5.41) is 11.3. The smallest absolute Gasteiger partial charge is 0.306 e. The molecule has 9 heteroatoms. The standard InChI is InChI=1S/C21H24FN5O3/c1-13-11-19(27(24-13)17-7-5-16(22)6-8-17)23-20(28)12-30-21(29)10-9-18-14(2)25-26(4)15(18)3/h5-8,11H,9-10,12H2,1-4H3,(H,23,28). The van der Waals surface area contributed by atoms with Gasteiger partial charge >= 0.3 is 5.97 Å². The third-order valence-corrected chi connectivity index (χ3v) is 4.77. The van der Waals surface area contributed by atoms with Gasteiger partial charge in [0, 0.05) is 25.2 Å². The summed E-state index contributed by atoms with van der Waals surface area (Å²) in [6.45, 7) is 5.21. The van der Waals surface area contributed by atoms with Crippen molar-refractivity contribution >= 4 is 17.7 Å². The van der Waals surface area contributed by atoms with E-state index in [4.69, 9.17) is 4.74 Å². The second-order valence-electron chi connectivity index (χ2n) is 7.04. The average Bonchev–Trinajstić information content (AvgIpc) is 3.17. The molecule has 2 aromatic heterocycles. The lowest BCUT2D eigenvalue weighted by Gasteiger charge is -2.09. The molecule has 0 radical (unpaired) electrons. The number of carbonyl (C=O) groups excluding carboxylic acids is 2. The predicted octanol–water partition coefficient (Wildman–Crippen LogP) is 2.78. The summed E-state index contributed by atoms with van der Waals surface area (Å²) >= 11 is 0. The summed E-state index contributed by atoms with van der Waals surface area (Å²) < 4.78 is 21.5. The van der Waals surface area contributed by atoms with Gasteiger partial charge in [0.25, 0.3) is 5.91 Å². The van der Waals surface area contributed by atoms with E-state index in [-0.39, 0.29) is 12.2 Å². The summed E-state index contributed by atoms with van der Waals surface area (Å²) in [6.07, 6.45) is 0.662. The van der Waals surface area contributed by atoms with Crippen molar-refractivity contribution in [1.82, 2.24) is 19.6 Å². The van der Waals surface area contributed by atoms with E-state index in [1.165, 1.54) is 16.8 Å². The number of aryl methyl sites for hydroxylation is 3. The van der Waals surface area contributed by atoms with Crippen molar-refractivity contribution in [3.63, 3.8) is 0 Å². The number of hydrogen-bond donors (Lipinski definition) is 1. The van der Waals surface area contributed by atoms with Crippen LogP contribution in [0, 0.1) is 26.6 Å². The fourth-order valence-corrected chi connectivity index (χ4v) is 3.17. The van der Waals surface area contributed by atoms with Crippen LogP contribution in [0.15, 0.2) is 30.3 Å². The molecular formula is C21H24FN5O3. The van der Waals surface area contributed by atoms with Gasteiger partial charge < -0.3 is 10.1 Å². The SMILES string of the molecule is Cc1cc(NC(=O)COC(=O)CCc2c(C)nn(C)c2C)n(-c2ccc(F)cc2)n1. The molecule has 0 unspecified atom stereocenters. The fourth-order valence-electron chi connectivity index (χ4n) is 3.17. The second-order valence-corrected chi connectivity index (χ2v) is 7.04. The summed E-state index contributed by atoms with van der Waals surface area (Å²) in [5.74, 6) is -0.907. The monoisotopic (exact) mass is 413 g/mol. The van der Waals surface area contributed by atoms with Crippen molar-refractivity contribution in [1.29, 1.82) is 0 Å². The number of nitrogens with one attached hydrogen (secondary N) is 1. The predicted molar refractivity (Wildman–Crippen MR) is 109 cm³/mol. The molecule has 0 aliphatic carbocycles. The maximum absolute atomic E-state index is 13.2. The highest BCUT2D eigenvalue weighted by Crippen LogP contribution is 2.18. The van der Waals surface area contributed by atoms with Crippen LogP contribution >= 0.6 is 0 Å². The van der Waals surface area contributed by atoms with Crippen molar-refractivity contribution < 1.29 is 18.7 Å². The Hall–Kier alpha value is -3.49. The Morgan fingerprint density at radius 1 is 1.13 bits per heavy atom. The number of aromatic nitrogens is 4. The molecule has 1 N–H and O–H groups in total. The van der Waals surface area contributed by atoms with Gasteiger partial charge in [-0.05, 0) is 57.0 Å². The summed E-state index contributed by atoms with van der Waals surface area (Å²) in [4.78, 5) is 24.3. The quantitative estimate of drug-likeness (QED) is 0.602. The lowest BCUT2D eigenvalue weighted by Crippen LogP contribution is -2.22. The van der Waals surface area contributed by atoms with Gasteiger partial charge in [-0.2, -0.15) is 10.2 Å². The van der Waals surface area contributed by atoms with Crippen LogP contribution in [0.4, 0.5) is 10.2 Å². The molecule has 0 fully saturated rings. The van der Waals surface area contributed by atoms with Crippen LogP contribution in [0.2, 0.25) is 0 Å². The number of anilines is 1. The third kappa shape index (κ3) is 4.91. The number of rotatable bonds is 7. The highest BCUT2D eigenvalue weighted by molar-refractivity contribution is 5.92. The average molecular weight is 413 g/mol. The molecule has 1 amide bonds. The number of ether oxygens (including phenoxy) is 1. The third-order valence-electron chi connectivity index (χ3n) is 4.77. The van der Waals surface area contributed by atoms with Crippen LogP contribution in [0.1, 0.15) is 29.1 Å². The van der Waals surface area contributed by atoms with Gasteiger partial charge in [0.1, 0.15) is 11.6 Å². The van der Waals surface area contributed by atoms with Crippen molar-refractivity contribution in [2.24, 2.45) is 7.05 Å². The maximum atomic E-state index is 13.2. The van der Waals surface area contributed by atoms with E-state index < -0.39 is 18.5 Å². The molecule has 0 spiro atoms. The van der Waals surface area contributed by atoms with Crippen molar-refractivity contribution in [3.05, 3.63) is 58.8 Å². The highest BCUT2D eigenvalue weighted by Gasteiger charge is 2.15. The molecule has 8 nitrogen and oxygen atoms in total. The maximum Gasteiger partial charge on any atom is 0.306 e. The van der Waals surface area contributed by atoms with E-state index >= 15 is 0 Å². The molecule has 0 aliphatic rings. The van der Waals surface area contributed by atoms with Crippen molar-refractivity contribution in [2.75, 3.05) is 11.9 Å². The largest absolute Gasteiger partial charge is 0.456 e. The van der Waals surface area contributed by atoms with Crippen molar-refractivity contribution in [3.8, 4) is 5.69 Å². The van der Waals surface area contributed by atoms with E-state index in [1.807, 2.05) is 20.9 Å². The van der Waals surface area contributed by atoms with Gasteiger partial charge in [-0.1, -0.05) is 0 Å². The van der Waals surface area contributed by atoms with Gasteiger partial charge in [0.05, 0.1) is 17.1 Å². The lowest BCUT2D eigenvalue weighted by atomic mass is 10.1. The van der Waals surface area contributed by atoms with Crippen LogP contribution in [0.25, 0.3) is 5.69 Å². The minimum absolute atomic E-state index is 0.160. The van der Waals surface area contributed by atoms with Crippen LogP contribution in [0.5, 0.6) is 0 Å². The zero-order chi connectivity index (χ0) is 21.8. The Bertz CT molecular complexity index is 1070. The van der Waals surface area contributed by atoms with Gasteiger partial charge in [0.2, 0.25) is 0 Å². The number of carbonyl (C=O) groups is 2. The van der Waals surface area contributed by atoms with Crippen LogP contribution in [-0.4, -0.2) is 38.0 Å². The minimum Gasteiger partial charge on any atom is -0.456 e. The number of halogens is 1. The fraction of sp³-hybridized carbons (Fsp3) is 0.333. The summed E-state index contributed by atoms with van der Waals surface area (Å²) in [7, 11) is 1.85. The molecule has 0 aliphatic heterocycles. The van der Waals surface area contributed by atoms with E-state index in [0.717, 1.165) is 17.0 Å². The number of amides is 1. The first-order chi connectivity index (χ1) is 14.2. The Morgan fingerprint density at radius 3 is 2.47 bits per heavy atom. The second kappa shape index (κ2) is 8.89. The van der Waals surface area contributed by atoms with Crippen LogP contribution in [-0.2, 0) is 27.8 Å². The zero-order valence-corrected chi connectivity index (χ0v) is 17.4. The molecule has 30 heavy (non-hydrogen) atoms. The normalized spacial score (nSPS) is 10.8. The molecule has 158 valence electrons. The first kappa shape index (κ1) is 21.2. The van der Waals surface area contributed by atoms with E-state index in [1.54, 1.807) is 29.8 Å². The number of esters is 1. The molecular weight excluding hydrogens is 389 g/mol. The Morgan fingerprint density at radius 2 is 1.83 bits per heavy atom. The molecule has 0 bridgehead atoms. The van der Waals surface area contributed by atoms with Crippen LogP contribution < -0.4 is 5.32 Å². The van der Waals surface area contributed by atoms with E-state index in [2.05, 4.69) is 15.5 Å². The van der Waals surface area contributed by atoms with Gasteiger partial charge in [-0.25, -0.2) is 9.07 Å². The molecule has 1 aromatic carbocycles. The number of benzene rings is 1. The Balaban J connectivity index is 1.55.